The van der Waals surface area contributed by atoms with Gasteiger partial charge in [-0.3, -0.25) is 4.79 Å². The summed E-state index contributed by atoms with van der Waals surface area (Å²) in [5.74, 6) is 0. The van der Waals surface area contributed by atoms with Crippen molar-refractivity contribution < 1.29 is 5.11 Å². The predicted molar refractivity (Wildman–Crippen MR) is 71.6 cm³/mol. The second-order valence-corrected chi connectivity index (χ2v) is 5.47. The van der Waals surface area contributed by atoms with E-state index in [1.807, 2.05) is 39.0 Å². The number of aliphatic hydroxyl groups excluding tert-OH is 1. The fraction of sp³-hybridized carbons (Fsp3) is 0.429. The summed E-state index contributed by atoms with van der Waals surface area (Å²) in [6.45, 7) is 6.16. The van der Waals surface area contributed by atoms with Gasteiger partial charge in [0, 0.05) is 17.4 Å². The van der Waals surface area contributed by atoms with E-state index in [4.69, 9.17) is 0 Å². The lowest BCUT2D eigenvalue weighted by Crippen LogP contribution is -2.32. The lowest BCUT2D eigenvalue weighted by Gasteiger charge is -2.21. The summed E-state index contributed by atoms with van der Waals surface area (Å²) >= 11 is 0. The highest BCUT2D eigenvalue weighted by molar-refractivity contribution is 5.83. The molecule has 0 aliphatic carbocycles. The molecule has 0 fully saturated rings. The summed E-state index contributed by atoms with van der Waals surface area (Å²) in [7, 11) is 0. The minimum Gasteiger partial charge on any atom is -0.396 e. The Balaban J connectivity index is 2.58. The van der Waals surface area contributed by atoms with Crippen molar-refractivity contribution in [3.05, 3.63) is 40.3 Å². The summed E-state index contributed by atoms with van der Waals surface area (Å²) < 4.78 is 1.44. The average Bonchev–Trinajstić information content (AvgIpc) is 2.33. The van der Waals surface area contributed by atoms with Gasteiger partial charge in [0.05, 0.1) is 18.1 Å². The summed E-state index contributed by atoms with van der Waals surface area (Å²) in [5.41, 5.74) is 0.510. The SMILES string of the molecule is Cc1cccc2cnn(CC(C)(C)CO)c(=O)c12. The molecule has 0 atom stereocenters. The quantitative estimate of drug-likeness (QED) is 0.897. The number of fused-ring (bicyclic) bond motifs is 1. The zero-order valence-electron chi connectivity index (χ0n) is 11.0. The molecule has 96 valence electrons. The highest BCUT2D eigenvalue weighted by Gasteiger charge is 2.19. The van der Waals surface area contributed by atoms with Crippen LogP contribution < -0.4 is 5.56 Å². The second-order valence-electron chi connectivity index (χ2n) is 5.47. The molecule has 0 saturated heterocycles. The fourth-order valence-electron chi connectivity index (χ4n) is 1.97. The molecule has 1 heterocycles. The predicted octanol–water partition coefficient (Wildman–Crippen LogP) is 1.72. The van der Waals surface area contributed by atoms with Gasteiger partial charge in [-0.1, -0.05) is 32.0 Å². The molecule has 0 amide bonds. The monoisotopic (exact) mass is 246 g/mol. The Kier molecular flexibility index (Phi) is 3.22. The van der Waals surface area contributed by atoms with Gasteiger partial charge in [-0.15, -0.1) is 0 Å². The van der Waals surface area contributed by atoms with Crippen molar-refractivity contribution in [3.8, 4) is 0 Å². The Bertz CT molecular complexity index is 629. The Labute approximate surface area is 106 Å². The largest absolute Gasteiger partial charge is 0.396 e. The standard InChI is InChI=1S/C14H18N2O2/c1-10-5-4-6-11-7-15-16(13(18)12(10)11)8-14(2,3)9-17/h4-7,17H,8-9H2,1-3H3. The van der Waals surface area contributed by atoms with Crippen LogP contribution in [0, 0.1) is 12.3 Å². The van der Waals surface area contributed by atoms with Crippen LogP contribution in [0.4, 0.5) is 0 Å². The number of hydrogen-bond donors (Lipinski definition) is 1. The third-order valence-corrected chi connectivity index (χ3v) is 3.10. The molecule has 0 unspecified atom stereocenters. The van der Waals surface area contributed by atoms with E-state index in [1.54, 1.807) is 6.20 Å². The van der Waals surface area contributed by atoms with Gasteiger partial charge in [0.15, 0.2) is 0 Å². The Hall–Kier alpha value is -1.68. The minimum atomic E-state index is -0.354. The van der Waals surface area contributed by atoms with Crippen LogP contribution in [-0.4, -0.2) is 21.5 Å². The fourth-order valence-corrected chi connectivity index (χ4v) is 1.97. The van der Waals surface area contributed by atoms with Gasteiger partial charge in [-0.25, -0.2) is 4.68 Å². The maximum Gasteiger partial charge on any atom is 0.274 e. The van der Waals surface area contributed by atoms with Crippen molar-refractivity contribution >= 4 is 10.8 Å². The summed E-state index contributed by atoms with van der Waals surface area (Å²) in [6, 6.07) is 5.73. The molecule has 0 bridgehead atoms. The van der Waals surface area contributed by atoms with E-state index in [-0.39, 0.29) is 17.6 Å². The Morgan fingerprint density at radius 1 is 1.39 bits per heavy atom. The van der Waals surface area contributed by atoms with Crippen LogP contribution in [0.2, 0.25) is 0 Å². The lowest BCUT2D eigenvalue weighted by molar-refractivity contribution is 0.135. The molecule has 0 radical (unpaired) electrons. The minimum absolute atomic E-state index is 0.0208. The zero-order chi connectivity index (χ0) is 13.3. The molecule has 1 aromatic carbocycles. The Morgan fingerprint density at radius 3 is 2.78 bits per heavy atom. The molecule has 2 aromatic rings. The molecule has 0 aliphatic rings. The molecule has 1 N–H and O–H groups in total. The van der Waals surface area contributed by atoms with Crippen molar-refractivity contribution in [1.82, 2.24) is 9.78 Å². The maximum absolute atomic E-state index is 12.4. The van der Waals surface area contributed by atoms with Gasteiger partial charge >= 0.3 is 0 Å². The normalized spacial score (nSPS) is 12.0. The first-order valence-electron chi connectivity index (χ1n) is 6.01. The van der Waals surface area contributed by atoms with E-state index in [1.165, 1.54) is 4.68 Å². The maximum atomic E-state index is 12.4. The number of aliphatic hydroxyl groups is 1. The molecule has 2 rings (SSSR count). The molecular weight excluding hydrogens is 228 g/mol. The van der Waals surface area contributed by atoms with Crippen LogP contribution >= 0.6 is 0 Å². The first kappa shape index (κ1) is 12.8. The number of benzene rings is 1. The highest BCUT2D eigenvalue weighted by atomic mass is 16.3. The van der Waals surface area contributed by atoms with Gasteiger partial charge in [0.2, 0.25) is 0 Å². The Morgan fingerprint density at radius 2 is 2.11 bits per heavy atom. The number of aromatic nitrogens is 2. The van der Waals surface area contributed by atoms with Crippen molar-refractivity contribution in [1.29, 1.82) is 0 Å². The van der Waals surface area contributed by atoms with Crippen LogP contribution in [-0.2, 0) is 6.54 Å². The first-order chi connectivity index (χ1) is 8.44. The van der Waals surface area contributed by atoms with Crippen molar-refractivity contribution in [2.45, 2.75) is 27.3 Å². The molecule has 1 aromatic heterocycles. The number of nitrogens with zero attached hydrogens (tertiary/aromatic N) is 2. The average molecular weight is 246 g/mol. The van der Waals surface area contributed by atoms with Crippen LogP contribution in [0.25, 0.3) is 10.8 Å². The van der Waals surface area contributed by atoms with Gasteiger partial charge < -0.3 is 5.11 Å². The number of aryl methyl sites for hydroxylation is 1. The van der Waals surface area contributed by atoms with Crippen LogP contribution in [0.5, 0.6) is 0 Å². The molecule has 0 spiro atoms. The van der Waals surface area contributed by atoms with Gasteiger partial charge in [-0.05, 0) is 12.5 Å². The second kappa shape index (κ2) is 4.53. The van der Waals surface area contributed by atoms with Crippen molar-refractivity contribution in [2.75, 3.05) is 6.61 Å². The number of hydrogen-bond acceptors (Lipinski definition) is 3. The summed E-state index contributed by atoms with van der Waals surface area (Å²) in [4.78, 5) is 12.4. The molecular formula is C14H18N2O2. The summed E-state index contributed by atoms with van der Waals surface area (Å²) in [6.07, 6.45) is 1.71. The van der Waals surface area contributed by atoms with Gasteiger partial charge in [0.1, 0.15) is 0 Å². The molecule has 18 heavy (non-hydrogen) atoms. The number of rotatable bonds is 3. The highest BCUT2D eigenvalue weighted by Crippen LogP contribution is 2.17. The molecule has 0 aliphatic heterocycles. The van der Waals surface area contributed by atoms with E-state index in [9.17, 15) is 9.90 Å². The third kappa shape index (κ3) is 2.29. The first-order valence-corrected chi connectivity index (χ1v) is 6.01. The molecule has 4 heteroatoms. The van der Waals surface area contributed by atoms with Crippen molar-refractivity contribution in [2.24, 2.45) is 5.41 Å². The van der Waals surface area contributed by atoms with E-state index in [0.29, 0.717) is 11.9 Å². The molecule has 0 saturated carbocycles. The van der Waals surface area contributed by atoms with E-state index < -0.39 is 0 Å². The third-order valence-electron chi connectivity index (χ3n) is 3.10. The van der Waals surface area contributed by atoms with Gasteiger partial charge in [0.25, 0.3) is 5.56 Å². The van der Waals surface area contributed by atoms with E-state index >= 15 is 0 Å². The van der Waals surface area contributed by atoms with Crippen molar-refractivity contribution in [3.63, 3.8) is 0 Å². The lowest BCUT2D eigenvalue weighted by atomic mass is 9.95. The smallest absolute Gasteiger partial charge is 0.274 e. The van der Waals surface area contributed by atoms with Gasteiger partial charge in [-0.2, -0.15) is 5.10 Å². The topological polar surface area (TPSA) is 55.1 Å². The van der Waals surface area contributed by atoms with Crippen LogP contribution in [0.3, 0.4) is 0 Å². The summed E-state index contributed by atoms with van der Waals surface area (Å²) in [5, 5.41) is 15.0. The van der Waals surface area contributed by atoms with Crippen LogP contribution in [0.15, 0.2) is 29.2 Å². The molecule has 4 nitrogen and oxygen atoms in total. The zero-order valence-corrected chi connectivity index (χ0v) is 11.0. The van der Waals surface area contributed by atoms with E-state index in [2.05, 4.69) is 5.10 Å². The van der Waals surface area contributed by atoms with E-state index in [0.717, 1.165) is 10.9 Å². The van der Waals surface area contributed by atoms with Crippen LogP contribution in [0.1, 0.15) is 19.4 Å².